The Balaban J connectivity index is 2.48. The van der Waals surface area contributed by atoms with Crippen molar-refractivity contribution in [1.29, 1.82) is 0 Å². The molecule has 0 aliphatic carbocycles. The van der Waals surface area contributed by atoms with Crippen molar-refractivity contribution in [2.45, 2.75) is 55.5 Å². The van der Waals surface area contributed by atoms with Crippen LogP contribution < -0.4 is 0 Å². The number of ether oxygens (including phenoxy) is 1. The fourth-order valence-corrected chi connectivity index (χ4v) is 3.70. The Kier molecular flexibility index (Phi) is 9.73. The standard InChI is InChI=1S/C13H25NO6S2/c1-21-6-4-2-3-5-9(14-19)22-13-12(18)11(17)10(16)8(7-15)20-13/h8,10-13,15-19H,2-7H2,1H3/t8-,10-,11+,12-,13+/m1/s1. The summed E-state index contributed by atoms with van der Waals surface area (Å²) in [5.74, 6) is 1.09. The van der Waals surface area contributed by atoms with E-state index in [0.717, 1.165) is 36.8 Å². The van der Waals surface area contributed by atoms with Crippen molar-refractivity contribution in [3.63, 3.8) is 0 Å². The van der Waals surface area contributed by atoms with Crippen LogP contribution in [0.4, 0.5) is 0 Å². The lowest BCUT2D eigenvalue weighted by atomic mass is 10.0. The van der Waals surface area contributed by atoms with Gasteiger partial charge in [-0.25, -0.2) is 0 Å². The molecular formula is C13H25NO6S2. The van der Waals surface area contributed by atoms with E-state index in [-0.39, 0.29) is 0 Å². The maximum Gasteiger partial charge on any atom is 0.138 e. The van der Waals surface area contributed by atoms with E-state index in [4.69, 9.17) is 15.1 Å². The van der Waals surface area contributed by atoms with Gasteiger partial charge in [0.25, 0.3) is 0 Å². The molecule has 0 aromatic heterocycles. The number of thioether (sulfide) groups is 2. The molecule has 0 radical (unpaired) electrons. The number of nitrogens with zero attached hydrogens (tertiary/aromatic N) is 1. The molecule has 0 bridgehead atoms. The fraction of sp³-hybridized carbons (Fsp3) is 0.923. The Labute approximate surface area is 138 Å². The van der Waals surface area contributed by atoms with Crippen LogP contribution >= 0.6 is 23.5 Å². The lowest BCUT2D eigenvalue weighted by Gasteiger charge is -2.39. The Hall–Kier alpha value is -0.0300. The molecule has 0 saturated carbocycles. The number of hydrogen-bond donors (Lipinski definition) is 5. The predicted molar refractivity (Wildman–Crippen MR) is 87.4 cm³/mol. The van der Waals surface area contributed by atoms with Gasteiger partial charge < -0.3 is 30.4 Å². The summed E-state index contributed by atoms with van der Waals surface area (Å²) in [6.45, 7) is -0.470. The summed E-state index contributed by atoms with van der Waals surface area (Å²) >= 11 is 2.79. The Bertz CT molecular complexity index is 344. The lowest BCUT2D eigenvalue weighted by molar-refractivity contribution is -0.205. The molecule has 1 fully saturated rings. The molecule has 130 valence electrons. The Morgan fingerprint density at radius 1 is 1.09 bits per heavy atom. The quantitative estimate of drug-likeness (QED) is 0.138. The number of unbranched alkanes of at least 4 members (excludes halogenated alkanes) is 2. The minimum Gasteiger partial charge on any atom is -0.410 e. The van der Waals surface area contributed by atoms with Gasteiger partial charge in [-0.3, -0.25) is 0 Å². The Morgan fingerprint density at radius 3 is 2.41 bits per heavy atom. The SMILES string of the molecule is CSCCCCCC(=NO)S[C@@H]1O[C@H](CO)[C@@H](O)[C@H](O)[C@H]1O. The molecule has 1 aliphatic heterocycles. The molecule has 0 spiro atoms. The van der Waals surface area contributed by atoms with E-state index in [1.54, 1.807) is 11.8 Å². The molecule has 22 heavy (non-hydrogen) atoms. The second-order valence-electron chi connectivity index (χ2n) is 5.11. The highest BCUT2D eigenvalue weighted by Gasteiger charge is 2.44. The molecule has 9 heteroatoms. The average molecular weight is 355 g/mol. The lowest BCUT2D eigenvalue weighted by Crippen LogP contribution is -2.57. The van der Waals surface area contributed by atoms with Crippen LogP contribution in [0.3, 0.4) is 0 Å². The van der Waals surface area contributed by atoms with Gasteiger partial charge in [-0.1, -0.05) is 23.3 Å². The van der Waals surface area contributed by atoms with Gasteiger partial charge in [0.15, 0.2) is 0 Å². The van der Waals surface area contributed by atoms with Gasteiger partial charge in [0.05, 0.1) is 6.61 Å². The maximum atomic E-state index is 9.93. The van der Waals surface area contributed by atoms with Gasteiger partial charge in [0.1, 0.15) is 34.9 Å². The monoisotopic (exact) mass is 355 g/mol. The number of rotatable bonds is 8. The van der Waals surface area contributed by atoms with Gasteiger partial charge in [0.2, 0.25) is 0 Å². The summed E-state index contributed by atoms with van der Waals surface area (Å²) < 4.78 is 5.37. The molecule has 5 N–H and O–H groups in total. The third-order valence-corrected chi connectivity index (χ3v) is 5.33. The molecular weight excluding hydrogens is 330 g/mol. The van der Waals surface area contributed by atoms with E-state index >= 15 is 0 Å². The van der Waals surface area contributed by atoms with Gasteiger partial charge >= 0.3 is 0 Å². The van der Waals surface area contributed by atoms with Crippen molar-refractivity contribution < 1.29 is 30.4 Å². The first-order valence-electron chi connectivity index (χ1n) is 7.22. The second-order valence-corrected chi connectivity index (χ2v) is 7.27. The summed E-state index contributed by atoms with van der Waals surface area (Å²) in [4.78, 5) is 0. The van der Waals surface area contributed by atoms with Gasteiger partial charge in [-0.05, 0) is 31.3 Å². The topological polar surface area (TPSA) is 123 Å². The summed E-state index contributed by atoms with van der Waals surface area (Å²) in [5.41, 5.74) is -0.896. The van der Waals surface area contributed by atoms with Crippen LogP contribution in [0.2, 0.25) is 0 Å². The molecule has 0 aromatic rings. The normalized spacial score (nSPS) is 33.1. The smallest absolute Gasteiger partial charge is 0.138 e. The number of aliphatic hydroxyl groups excluding tert-OH is 4. The zero-order chi connectivity index (χ0) is 16.5. The molecule has 5 atom stereocenters. The summed E-state index contributed by atoms with van der Waals surface area (Å²) in [5, 5.41) is 51.1. The molecule has 1 saturated heterocycles. The predicted octanol–water partition coefficient (Wildman–Crippen LogP) is 0.231. The van der Waals surface area contributed by atoms with Crippen LogP contribution in [0.15, 0.2) is 5.16 Å². The number of aliphatic hydroxyl groups is 4. The van der Waals surface area contributed by atoms with Crippen molar-refractivity contribution in [3.05, 3.63) is 0 Å². The molecule has 1 rings (SSSR count). The molecule has 0 aromatic carbocycles. The average Bonchev–Trinajstić information content (AvgIpc) is 2.53. The summed E-state index contributed by atoms with van der Waals surface area (Å²) in [7, 11) is 0. The van der Waals surface area contributed by atoms with E-state index in [9.17, 15) is 15.3 Å². The van der Waals surface area contributed by atoms with Crippen molar-refractivity contribution in [1.82, 2.24) is 0 Å². The molecule has 1 heterocycles. The minimum absolute atomic E-state index is 0.397. The van der Waals surface area contributed by atoms with Crippen LogP contribution in [0.25, 0.3) is 0 Å². The highest BCUT2D eigenvalue weighted by molar-refractivity contribution is 8.14. The van der Waals surface area contributed by atoms with E-state index in [2.05, 4.69) is 11.4 Å². The van der Waals surface area contributed by atoms with Gasteiger partial charge in [-0.2, -0.15) is 11.8 Å². The first-order valence-corrected chi connectivity index (χ1v) is 9.49. The fourth-order valence-electron chi connectivity index (χ4n) is 2.13. The van der Waals surface area contributed by atoms with Crippen molar-refractivity contribution in [2.24, 2.45) is 5.16 Å². The molecule has 1 aliphatic rings. The zero-order valence-electron chi connectivity index (χ0n) is 12.5. The van der Waals surface area contributed by atoms with E-state index in [1.165, 1.54) is 0 Å². The molecule has 0 unspecified atom stereocenters. The van der Waals surface area contributed by atoms with Crippen LogP contribution in [0, 0.1) is 0 Å². The van der Waals surface area contributed by atoms with Gasteiger partial charge in [-0.15, -0.1) is 0 Å². The summed E-state index contributed by atoms with van der Waals surface area (Å²) in [6, 6.07) is 0. The second kappa shape index (κ2) is 10.7. The van der Waals surface area contributed by atoms with Crippen molar-refractivity contribution >= 4 is 28.6 Å². The van der Waals surface area contributed by atoms with Gasteiger partial charge in [0, 0.05) is 0 Å². The van der Waals surface area contributed by atoms with E-state index in [0.29, 0.717) is 11.5 Å². The highest BCUT2D eigenvalue weighted by atomic mass is 32.2. The summed E-state index contributed by atoms with van der Waals surface area (Å²) in [6.07, 6.45) is 0.487. The third-order valence-electron chi connectivity index (χ3n) is 3.45. The molecule has 0 amide bonds. The first-order chi connectivity index (χ1) is 10.5. The maximum absolute atomic E-state index is 9.93. The minimum atomic E-state index is -1.41. The van der Waals surface area contributed by atoms with Crippen LogP contribution in [-0.2, 0) is 4.74 Å². The number of hydrogen-bond acceptors (Lipinski definition) is 9. The van der Waals surface area contributed by atoms with Crippen molar-refractivity contribution in [2.75, 3.05) is 18.6 Å². The Morgan fingerprint density at radius 2 is 1.82 bits per heavy atom. The number of oxime groups is 1. The van der Waals surface area contributed by atoms with E-state index < -0.39 is 36.5 Å². The highest BCUT2D eigenvalue weighted by Crippen LogP contribution is 2.30. The largest absolute Gasteiger partial charge is 0.410 e. The van der Waals surface area contributed by atoms with Crippen LogP contribution in [-0.4, -0.2) is 79.1 Å². The third kappa shape index (κ3) is 5.88. The van der Waals surface area contributed by atoms with Crippen LogP contribution in [0.5, 0.6) is 0 Å². The van der Waals surface area contributed by atoms with E-state index in [1.807, 2.05) is 0 Å². The zero-order valence-corrected chi connectivity index (χ0v) is 14.2. The molecule has 7 nitrogen and oxygen atoms in total. The van der Waals surface area contributed by atoms with Crippen LogP contribution in [0.1, 0.15) is 25.7 Å². The van der Waals surface area contributed by atoms with Crippen molar-refractivity contribution in [3.8, 4) is 0 Å². The first kappa shape index (κ1) is 20.0.